The van der Waals surface area contributed by atoms with E-state index in [-0.39, 0.29) is 42.8 Å². The number of rotatable bonds is 7. The SMILES string of the molecule is Cc1cc2nc3c(=O)[nH]c(=O)nc-3n(CCNCc3ccccc3C(F)(F)F)c2cc1OC1CCCC1.O=C(O)C(F)(F)F. The number of halogens is 6. The fourth-order valence-electron chi connectivity index (χ4n) is 4.83. The van der Waals surface area contributed by atoms with Crippen molar-refractivity contribution in [3.8, 4) is 17.3 Å². The molecular weight excluding hydrogens is 600 g/mol. The Morgan fingerprint density at radius 2 is 1.75 bits per heavy atom. The van der Waals surface area contributed by atoms with Gasteiger partial charge in [0.05, 0.1) is 22.7 Å². The number of aryl methyl sites for hydroxylation is 1. The maximum atomic E-state index is 13.3. The number of hydrogen-bond acceptors (Lipinski definition) is 7. The number of aliphatic carboxylic acids is 1. The Kier molecular flexibility index (Phi) is 9.61. The molecule has 44 heavy (non-hydrogen) atoms. The second-order valence-corrected chi connectivity index (χ2v) is 10.1. The van der Waals surface area contributed by atoms with Crippen molar-refractivity contribution >= 4 is 17.0 Å². The number of H-pyrrole nitrogens is 1. The zero-order chi connectivity index (χ0) is 32.2. The van der Waals surface area contributed by atoms with Gasteiger partial charge in [0.2, 0.25) is 0 Å². The molecule has 236 valence electrons. The molecule has 0 saturated heterocycles. The van der Waals surface area contributed by atoms with E-state index < -0.39 is 35.1 Å². The minimum absolute atomic E-state index is 0.00679. The molecule has 0 aromatic heterocycles. The van der Waals surface area contributed by atoms with Crippen molar-refractivity contribution in [2.24, 2.45) is 0 Å². The summed E-state index contributed by atoms with van der Waals surface area (Å²) in [7, 11) is 0. The third-order valence-electron chi connectivity index (χ3n) is 6.89. The van der Waals surface area contributed by atoms with Gasteiger partial charge in [0, 0.05) is 25.7 Å². The number of nitrogens with one attached hydrogen (secondary N) is 2. The van der Waals surface area contributed by atoms with Crippen molar-refractivity contribution in [2.45, 2.75) is 64.2 Å². The molecule has 1 saturated carbocycles. The lowest BCUT2D eigenvalue weighted by molar-refractivity contribution is -0.192. The van der Waals surface area contributed by atoms with Gasteiger partial charge in [0.1, 0.15) is 5.75 Å². The molecule has 2 heterocycles. The van der Waals surface area contributed by atoms with Crippen LogP contribution in [-0.2, 0) is 24.1 Å². The summed E-state index contributed by atoms with van der Waals surface area (Å²) >= 11 is 0. The molecule has 5 rings (SSSR count). The summed E-state index contributed by atoms with van der Waals surface area (Å²) in [5.74, 6) is -1.96. The number of carboxylic acid groups (broad SMARTS) is 1. The molecular formula is C28H27F6N5O5. The molecule has 2 aromatic carbocycles. The van der Waals surface area contributed by atoms with E-state index in [1.165, 1.54) is 12.1 Å². The zero-order valence-corrected chi connectivity index (χ0v) is 23.2. The minimum atomic E-state index is -5.08. The zero-order valence-electron chi connectivity index (χ0n) is 23.2. The number of aromatic amines is 1. The molecule has 3 aliphatic rings. The monoisotopic (exact) mass is 627 g/mol. The van der Waals surface area contributed by atoms with Gasteiger partial charge >= 0.3 is 24.0 Å². The maximum Gasteiger partial charge on any atom is 0.490 e. The maximum absolute atomic E-state index is 13.3. The average molecular weight is 628 g/mol. The molecule has 10 nitrogen and oxygen atoms in total. The highest BCUT2D eigenvalue weighted by molar-refractivity contribution is 5.82. The lowest BCUT2D eigenvalue weighted by Crippen LogP contribution is -2.30. The van der Waals surface area contributed by atoms with E-state index in [9.17, 15) is 35.9 Å². The first-order valence-corrected chi connectivity index (χ1v) is 13.4. The van der Waals surface area contributed by atoms with Gasteiger partial charge in [0.15, 0.2) is 11.5 Å². The Morgan fingerprint density at radius 3 is 2.39 bits per heavy atom. The van der Waals surface area contributed by atoms with Crippen molar-refractivity contribution in [1.29, 1.82) is 0 Å². The first kappa shape index (κ1) is 32.4. The number of benzene rings is 2. The molecule has 0 radical (unpaired) electrons. The molecule has 0 unspecified atom stereocenters. The first-order chi connectivity index (χ1) is 20.6. The molecule has 0 atom stereocenters. The fourth-order valence-corrected chi connectivity index (χ4v) is 4.83. The molecule has 2 aromatic rings. The second-order valence-electron chi connectivity index (χ2n) is 10.1. The Bertz CT molecular complexity index is 1730. The first-order valence-electron chi connectivity index (χ1n) is 13.4. The van der Waals surface area contributed by atoms with Crippen LogP contribution in [0.4, 0.5) is 26.3 Å². The third-order valence-corrected chi connectivity index (χ3v) is 6.89. The lowest BCUT2D eigenvalue weighted by atomic mass is 10.1. The van der Waals surface area contributed by atoms with Crippen molar-refractivity contribution in [3.05, 3.63) is 73.9 Å². The molecule has 0 amide bonds. The average Bonchev–Trinajstić information content (AvgIpc) is 3.44. The van der Waals surface area contributed by atoms with Crippen LogP contribution in [0.5, 0.6) is 5.75 Å². The van der Waals surface area contributed by atoms with E-state index in [4.69, 9.17) is 14.6 Å². The van der Waals surface area contributed by atoms with Gasteiger partial charge in [-0.3, -0.25) is 9.78 Å². The predicted molar refractivity (Wildman–Crippen MR) is 146 cm³/mol. The third kappa shape index (κ3) is 7.72. The van der Waals surface area contributed by atoms with Crippen LogP contribution in [0.3, 0.4) is 0 Å². The van der Waals surface area contributed by atoms with Crippen LogP contribution in [-0.4, -0.2) is 49.4 Å². The van der Waals surface area contributed by atoms with Gasteiger partial charge in [-0.15, -0.1) is 0 Å². The minimum Gasteiger partial charge on any atom is -0.490 e. The fraction of sp³-hybridized carbons (Fsp3) is 0.393. The predicted octanol–water partition coefficient (Wildman–Crippen LogP) is 4.66. The largest absolute Gasteiger partial charge is 0.490 e. The van der Waals surface area contributed by atoms with Gasteiger partial charge in [0.25, 0.3) is 5.56 Å². The topological polar surface area (TPSA) is 139 Å². The summed E-state index contributed by atoms with van der Waals surface area (Å²) in [5, 5.41) is 10.2. The van der Waals surface area contributed by atoms with Crippen LogP contribution in [0.2, 0.25) is 0 Å². The smallest absolute Gasteiger partial charge is 0.490 e. The number of carbonyl (C=O) groups is 1. The molecule has 0 spiro atoms. The Morgan fingerprint density at radius 1 is 1.09 bits per heavy atom. The van der Waals surface area contributed by atoms with Crippen LogP contribution < -0.4 is 21.3 Å². The highest BCUT2D eigenvalue weighted by Gasteiger charge is 2.38. The van der Waals surface area contributed by atoms with E-state index in [1.54, 1.807) is 10.6 Å². The second kappa shape index (κ2) is 13.0. The molecule has 0 bridgehead atoms. The highest BCUT2D eigenvalue weighted by atomic mass is 19.4. The molecule has 1 aliphatic carbocycles. The van der Waals surface area contributed by atoms with Crippen molar-refractivity contribution in [3.63, 3.8) is 0 Å². The van der Waals surface area contributed by atoms with Crippen molar-refractivity contribution < 1.29 is 41.0 Å². The Balaban J connectivity index is 0.000000566. The number of aromatic nitrogens is 4. The number of nitrogens with zero attached hydrogens (tertiary/aromatic N) is 3. The summed E-state index contributed by atoms with van der Waals surface area (Å²) < 4.78 is 79.7. The molecule has 3 N–H and O–H groups in total. The van der Waals surface area contributed by atoms with E-state index in [2.05, 4.69) is 20.3 Å². The van der Waals surface area contributed by atoms with Crippen LogP contribution in [0.1, 0.15) is 42.4 Å². The van der Waals surface area contributed by atoms with Crippen LogP contribution in [0.25, 0.3) is 22.6 Å². The summed E-state index contributed by atoms with van der Waals surface area (Å²) in [6, 6.07) is 9.06. The quantitative estimate of drug-likeness (QED) is 0.153. The molecule has 16 heteroatoms. The van der Waals surface area contributed by atoms with Gasteiger partial charge < -0.3 is 19.7 Å². The Labute approximate surface area is 245 Å². The van der Waals surface area contributed by atoms with Crippen LogP contribution in [0, 0.1) is 6.92 Å². The van der Waals surface area contributed by atoms with Gasteiger partial charge in [-0.2, -0.15) is 31.3 Å². The number of ether oxygens (including phenoxy) is 1. The number of hydrogen-bond donors (Lipinski definition) is 3. The summed E-state index contributed by atoms with van der Waals surface area (Å²) in [4.78, 5) is 44.0. The number of fused-ring (bicyclic) bond motifs is 2. The van der Waals surface area contributed by atoms with Gasteiger partial charge in [-0.1, -0.05) is 18.2 Å². The molecule has 1 fully saturated rings. The summed E-state index contributed by atoms with van der Waals surface area (Å²) in [6.45, 7) is 2.38. The van der Waals surface area contributed by atoms with E-state index in [1.807, 2.05) is 19.1 Å². The summed E-state index contributed by atoms with van der Waals surface area (Å²) in [5.41, 5.74) is 0.00356. The van der Waals surface area contributed by atoms with Crippen LogP contribution in [0.15, 0.2) is 46.0 Å². The standard InChI is InChI=1S/C26H26F3N5O3.C2HF3O2/c1-15-12-19-20(13-21(15)37-17-7-3-4-8-17)34(23-22(31-19)24(35)33-25(36)32-23)11-10-30-14-16-6-2-5-9-18(16)26(27,28)29;3-2(4,5)1(6)7/h2,5-6,9,12-13,17,30H,3-4,7-8,10-11,14H2,1H3,(H,33,35,36);(H,6,7). The summed E-state index contributed by atoms with van der Waals surface area (Å²) in [6.07, 6.45) is -5.21. The van der Waals surface area contributed by atoms with E-state index in [0.717, 1.165) is 37.3 Å². The highest BCUT2D eigenvalue weighted by Crippen LogP contribution is 2.33. The number of alkyl halides is 6. The Hall–Kier alpha value is -4.47. The molecule has 2 aliphatic heterocycles. The normalized spacial score (nSPS) is 14.1. The lowest BCUT2D eigenvalue weighted by Gasteiger charge is -2.20. The van der Waals surface area contributed by atoms with E-state index >= 15 is 0 Å². The van der Waals surface area contributed by atoms with Gasteiger partial charge in [-0.25, -0.2) is 14.6 Å². The number of carboxylic acids is 1. The van der Waals surface area contributed by atoms with Crippen LogP contribution >= 0.6 is 0 Å². The van der Waals surface area contributed by atoms with Crippen molar-refractivity contribution in [1.82, 2.24) is 24.8 Å². The van der Waals surface area contributed by atoms with Gasteiger partial charge in [-0.05, 0) is 55.9 Å². The van der Waals surface area contributed by atoms with E-state index in [0.29, 0.717) is 16.8 Å². The van der Waals surface area contributed by atoms with Crippen molar-refractivity contribution in [2.75, 3.05) is 6.54 Å².